The predicted molar refractivity (Wildman–Crippen MR) is 67.1 cm³/mol. The van der Waals surface area contributed by atoms with Crippen molar-refractivity contribution in [2.45, 2.75) is 49.6 Å². The first-order valence-corrected chi connectivity index (χ1v) is 7.06. The molecule has 0 unspecified atom stereocenters. The van der Waals surface area contributed by atoms with Crippen molar-refractivity contribution in [3.05, 3.63) is 0 Å². The molecule has 1 aromatic heterocycles. The molecule has 1 heterocycles. The average Bonchev–Trinajstić information content (AvgIpc) is 2.79. The summed E-state index contributed by atoms with van der Waals surface area (Å²) in [4.78, 5) is 11.2. The molecule has 0 saturated heterocycles. The van der Waals surface area contributed by atoms with Gasteiger partial charge in [0, 0.05) is 5.25 Å². The molecule has 18 heavy (non-hydrogen) atoms. The van der Waals surface area contributed by atoms with Crippen molar-refractivity contribution in [2.75, 3.05) is 7.11 Å². The van der Waals surface area contributed by atoms with E-state index in [-0.39, 0.29) is 12.5 Å². The van der Waals surface area contributed by atoms with Crippen molar-refractivity contribution >= 4 is 17.7 Å². The normalized spacial score (nSPS) is 23.9. The highest BCUT2D eigenvalue weighted by atomic mass is 32.2. The third-order valence-corrected chi connectivity index (χ3v) is 4.55. The van der Waals surface area contributed by atoms with Crippen LogP contribution >= 0.6 is 11.8 Å². The van der Waals surface area contributed by atoms with Gasteiger partial charge in [-0.25, -0.2) is 4.68 Å². The molecule has 0 N–H and O–H groups in total. The molecule has 0 amide bonds. The molecule has 0 atom stereocenters. The van der Waals surface area contributed by atoms with Crippen LogP contribution in [0.2, 0.25) is 0 Å². The van der Waals surface area contributed by atoms with Crippen LogP contribution in [0, 0.1) is 5.92 Å². The second-order valence-electron chi connectivity index (χ2n) is 4.69. The minimum atomic E-state index is -0.332. The Morgan fingerprint density at radius 2 is 2.17 bits per heavy atom. The first-order chi connectivity index (χ1) is 8.69. The van der Waals surface area contributed by atoms with Crippen LogP contribution in [0.3, 0.4) is 0 Å². The maximum atomic E-state index is 11.2. The summed E-state index contributed by atoms with van der Waals surface area (Å²) in [6, 6.07) is 0. The highest BCUT2D eigenvalue weighted by molar-refractivity contribution is 7.99. The van der Waals surface area contributed by atoms with Gasteiger partial charge >= 0.3 is 5.97 Å². The van der Waals surface area contributed by atoms with Gasteiger partial charge in [-0.05, 0) is 42.0 Å². The van der Waals surface area contributed by atoms with Crippen LogP contribution in [0.25, 0.3) is 0 Å². The zero-order valence-electron chi connectivity index (χ0n) is 10.7. The summed E-state index contributed by atoms with van der Waals surface area (Å²) in [6.45, 7) is 2.37. The Morgan fingerprint density at radius 1 is 1.44 bits per heavy atom. The first kappa shape index (κ1) is 13.3. The van der Waals surface area contributed by atoms with Crippen molar-refractivity contribution < 1.29 is 9.53 Å². The molecule has 1 aliphatic rings. The van der Waals surface area contributed by atoms with Crippen molar-refractivity contribution in [1.82, 2.24) is 20.2 Å². The number of methoxy groups -OCH3 is 1. The van der Waals surface area contributed by atoms with E-state index >= 15 is 0 Å². The Hall–Kier alpha value is -1.11. The van der Waals surface area contributed by atoms with Crippen LogP contribution in [-0.4, -0.2) is 38.5 Å². The van der Waals surface area contributed by atoms with Crippen molar-refractivity contribution in [3.63, 3.8) is 0 Å². The van der Waals surface area contributed by atoms with Crippen LogP contribution in [0.1, 0.15) is 32.6 Å². The summed E-state index contributed by atoms with van der Waals surface area (Å²) in [7, 11) is 1.36. The van der Waals surface area contributed by atoms with Gasteiger partial charge in [-0.3, -0.25) is 4.79 Å². The third-order valence-electron chi connectivity index (χ3n) is 3.24. The molecular weight excluding hydrogens is 252 g/mol. The Kier molecular flexibility index (Phi) is 4.57. The maximum absolute atomic E-state index is 11.2. The second-order valence-corrected chi connectivity index (χ2v) is 5.96. The fourth-order valence-electron chi connectivity index (χ4n) is 2.06. The zero-order valence-corrected chi connectivity index (χ0v) is 11.5. The predicted octanol–water partition coefficient (Wildman–Crippen LogP) is 1.52. The Bertz CT molecular complexity index is 402. The maximum Gasteiger partial charge on any atom is 0.327 e. The van der Waals surface area contributed by atoms with Gasteiger partial charge in [-0.15, -0.1) is 5.10 Å². The molecule has 7 heteroatoms. The van der Waals surface area contributed by atoms with Gasteiger partial charge in [0.15, 0.2) is 0 Å². The molecule has 0 aromatic carbocycles. The van der Waals surface area contributed by atoms with Crippen LogP contribution in [0.4, 0.5) is 0 Å². The van der Waals surface area contributed by atoms with Gasteiger partial charge in [-0.1, -0.05) is 18.7 Å². The Balaban J connectivity index is 1.93. The number of esters is 1. The van der Waals surface area contributed by atoms with Crippen LogP contribution < -0.4 is 0 Å². The second kappa shape index (κ2) is 6.17. The number of nitrogens with zero attached hydrogens (tertiary/aromatic N) is 4. The molecule has 6 nitrogen and oxygen atoms in total. The molecular formula is C11H18N4O2S. The largest absolute Gasteiger partial charge is 0.468 e. The van der Waals surface area contributed by atoms with E-state index in [1.54, 1.807) is 11.8 Å². The average molecular weight is 270 g/mol. The van der Waals surface area contributed by atoms with Crippen LogP contribution in [-0.2, 0) is 16.1 Å². The number of aromatic nitrogens is 4. The number of ether oxygens (including phenoxy) is 1. The van der Waals surface area contributed by atoms with Gasteiger partial charge in [0.25, 0.3) is 0 Å². The summed E-state index contributed by atoms with van der Waals surface area (Å²) >= 11 is 1.67. The summed E-state index contributed by atoms with van der Waals surface area (Å²) in [5.74, 6) is 0.495. The van der Waals surface area contributed by atoms with E-state index in [0.29, 0.717) is 10.4 Å². The lowest BCUT2D eigenvalue weighted by molar-refractivity contribution is -0.141. The molecule has 0 radical (unpaired) electrons. The molecule has 1 saturated carbocycles. The van der Waals surface area contributed by atoms with E-state index in [0.717, 1.165) is 5.92 Å². The highest BCUT2D eigenvalue weighted by Crippen LogP contribution is 2.34. The highest BCUT2D eigenvalue weighted by Gasteiger charge is 2.22. The summed E-state index contributed by atoms with van der Waals surface area (Å²) in [5, 5.41) is 12.7. The molecule has 2 rings (SSSR count). The number of thioether (sulfide) groups is 1. The van der Waals surface area contributed by atoms with E-state index < -0.39 is 0 Å². The standard InChI is InChI=1S/C11H18N4O2S/c1-8-3-5-9(6-4-8)18-11-12-13-14-15(11)7-10(16)17-2/h8-9H,3-7H2,1-2H3. The SMILES string of the molecule is COC(=O)Cn1nnnc1SC1CCC(C)CC1. The fraction of sp³-hybridized carbons (Fsp3) is 0.818. The number of carbonyl (C=O) groups is 1. The van der Waals surface area contributed by atoms with E-state index in [4.69, 9.17) is 0 Å². The lowest BCUT2D eigenvalue weighted by atomic mass is 9.91. The topological polar surface area (TPSA) is 69.9 Å². The smallest absolute Gasteiger partial charge is 0.327 e. The summed E-state index contributed by atoms with van der Waals surface area (Å²) < 4.78 is 6.13. The summed E-state index contributed by atoms with van der Waals surface area (Å²) in [6.07, 6.45) is 4.90. The van der Waals surface area contributed by atoms with Crippen LogP contribution in [0.5, 0.6) is 0 Å². The van der Waals surface area contributed by atoms with E-state index in [1.807, 2.05) is 0 Å². The van der Waals surface area contributed by atoms with Gasteiger partial charge in [0.2, 0.25) is 5.16 Å². The molecule has 1 aromatic rings. The molecule has 100 valence electrons. The van der Waals surface area contributed by atoms with Crippen LogP contribution in [0.15, 0.2) is 5.16 Å². The molecule has 1 aliphatic carbocycles. The molecule has 1 fully saturated rings. The molecule has 0 spiro atoms. The number of hydrogen-bond acceptors (Lipinski definition) is 6. The van der Waals surface area contributed by atoms with Gasteiger partial charge in [0.1, 0.15) is 6.54 Å². The fourth-order valence-corrected chi connectivity index (χ4v) is 3.18. The van der Waals surface area contributed by atoms with E-state index in [2.05, 4.69) is 27.2 Å². The van der Waals surface area contributed by atoms with Gasteiger partial charge < -0.3 is 4.74 Å². The minimum Gasteiger partial charge on any atom is -0.468 e. The number of rotatable bonds is 4. The van der Waals surface area contributed by atoms with Crippen molar-refractivity contribution in [3.8, 4) is 0 Å². The minimum absolute atomic E-state index is 0.0783. The Morgan fingerprint density at radius 3 is 2.83 bits per heavy atom. The van der Waals surface area contributed by atoms with E-state index in [1.165, 1.54) is 37.5 Å². The van der Waals surface area contributed by atoms with Crippen molar-refractivity contribution in [1.29, 1.82) is 0 Å². The molecule has 0 bridgehead atoms. The quantitative estimate of drug-likeness (QED) is 0.773. The van der Waals surface area contributed by atoms with Crippen molar-refractivity contribution in [2.24, 2.45) is 5.92 Å². The first-order valence-electron chi connectivity index (χ1n) is 6.18. The van der Waals surface area contributed by atoms with E-state index in [9.17, 15) is 4.79 Å². The Labute approximate surface area is 110 Å². The number of hydrogen-bond donors (Lipinski definition) is 0. The number of tetrazole rings is 1. The monoisotopic (exact) mass is 270 g/mol. The lowest BCUT2D eigenvalue weighted by Crippen LogP contribution is -2.17. The van der Waals surface area contributed by atoms with Gasteiger partial charge in [-0.2, -0.15) is 0 Å². The van der Waals surface area contributed by atoms with Gasteiger partial charge in [0.05, 0.1) is 7.11 Å². The summed E-state index contributed by atoms with van der Waals surface area (Å²) in [5.41, 5.74) is 0. The third kappa shape index (κ3) is 3.44. The lowest BCUT2D eigenvalue weighted by Gasteiger charge is -2.24. The zero-order chi connectivity index (χ0) is 13.0. The molecule has 0 aliphatic heterocycles. The number of carbonyl (C=O) groups excluding carboxylic acids is 1.